The SMILES string of the molecule is O=C(CN1C(=O)N/C(=C\c2ccccc2)C1=O)N1CCCCCC1. The van der Waals surface area contributed by atoms with Crippen molar-refractivity contribution in [3.05, 3.63) is 41.6 Å². The van der Waals surface area contributed by atoms with Crippen LogP contribution >= 0.6 is 0 Å². The van der Waals surface area contributed by atoms with Gasteiger partial charge in [0.05, 0.1) is 0 Å². The van der Waals surface area contributed by atoms with Crippen LogP contribution in [0.15, 0.2) is 36.0 Å². The molecule has 0 atom stereocenters. The van der Waals surface area contributed by atoms with Crippen molar-refractivity contribution in [3.8, 4) is 0 Å². The Balaban J connectivity index is 1.68. The van der Waals surface area contributed by atoms with Gasteiger partial charge in [-0.25, -0.2) is 9.69 Å². The monoisotopic (exact) mass is 327 g/mol. The molecule has 0 radical (unpaired) electrons. The quantitative estimate of drug-likeness (QED) is 0.682. The second-order valence-corrected chi connectivity index (χ2v) is 6.09. The average Bonchev–Trinajstić information content (AvgIpc) is 2.80. The van der Waals surface area contributed by atoms with E-state index >= 15 is 0 Å². The van der Waals surface area contributed by atoms with Gasteiger partial charge in [-0.1, -0.05) is 43.2 Å². The van der Waals surface area contributed by atoms with Crippen LogP contribution in [-0.4, -0.2) is 47.3 Å². The van der Waals surface area contributed by atoms with E-state index in [1.54, 1.807) is 11.0 Å². The van der Waals surface area contributed by atoms with Crippen molar-refractivity contribution in [2.45, 2.75) is 25.7 Å². The number of amides is 4. The third-order valence-corrected chi connectivity index (χ3v) is 4.33. The molecule has 1 aromatic rings. The summed E-state index contributed by atoms with van der Waals surface area (Å²) >= 11 is 0. The maximum absolute atomic E-state index is 12.4. The summed E-state index contributed by atoms with van der Waals surface area (Å²) in [4.78, 5) is 39.6. The lowest BCUT2D eigenvalue weighted by Gasteiger charge is -2.22. The molecule has 0 aromatic heterocycles. The largest absolute Gasteiger partial charge is 0.341 e. The predicted molar refractivity (Wildman–Crippen MR) is 89.7 cm³/mol. The van der Waals surface area contributed by atoms with Crippen molar-refractivity contribution in [1.82, 2.24) is 15.1 Å². The molecule has 0 aliphatic carbocycles. The molecule has 1 N–H and O–H groups in total. The molecule has 0 bridgehead atoms. The number of carbonyl (C=O) groups is 3. The molecule has 6 nitrogen and oxygen atoms in total. The molecule has 2 aliphatic rings. The number of carbonyl (C=O) groups excluding carboxylic acids is 3. The third kappa shape index (κ3) is 3.64. The smallest absolute Gasteiger partial charge is 0.329 e. The first-order valence-corrected chi connectivity index (χ1v) is 8.32. The van der Waals surface area contributed by atoms with Crippen LogP contribution in [-0.2, 0) is 9.59 Å². The lowest BCUT2D eigenvalue weighted by Crippen LogP contribution is -2.43. The summed E-state index contributed by atoms with van der Waals surface area (Å²) in [5.74, 6) is -0.617. The summed E-state index contributed by atoms with van der Waals surface area (Å²) in [5.41, 5.74) is 1.02. The summed E-state index contributed by atoms with van der Waals surface area (Å²) in [6.07, 6.45) is 5.82. The zero-order valence-corrected chi connectivity index (χ0v) is 13.5. The van der Waals surface area contributed by atoms with Crippen molar-refractivity contribution >= 4 is 23.9 Å². The molecule has 126 valence electrons. The lowest BCUT2D eigenvalue weighted by molar-refractivity contribution is -0.135. The third-order valence-electron chi connectivity index (χ3n) is 4.33. The van der Waals surface area contributed by atoms with Crippen LogP contribution in [0.25, 0.3) is 6.08 Å². The first-order chi connectivity index (χ1) is 11.6. The molecule has 2 aliphatic heterocycles. The van der Waals surface area contributed by atoms with Crippen LogP contribution in [0, 0.1) is 0 Å². The Hall–Kier alpha value is -2.63. The molecule has 4 amide bonds. The van der Waals surface area contributed by atoms with Crippen molar-refractivity contribution in [3.63, 3.8) is 0 Å². The number of nitrogens with zero attached hydrogens (tertiary/aromatic N) is 2. The maximum atomic E-state index is 12.4. The van der Waals surface area contributed by atoms with E-state index in [1.807, 2.05) is 30.3 Å². The summed E-state index contributed by atoms with van der Waals surface area (Å²) in [6, 6.07) is 8.74. The first kappa shape index (κ1) is 16.2. The number of likely N-dealkylation sites (tertiary alicyclic amines) is 1. The minimum absolute atomic E-state index is 0.165. The van der Waals surface area contributed by atoms with Gasteiger partial charge in [-0.3, -0.25) is 9.59 Å². The van der Waals surface area contributed by atoms with Gasteiger partial charge in [0.15, 0.2) is 0 Å². The number of hydrogen-bond acceptors (Lipinski definition) is 3. The van der Waals surface area contributed by atoms with Gasteiger partial charge >= 0.3 is 6.03 Å². The molecule has 2 saturated heterocycles. The van der Waals surface area contributed by atoms with Crippen LogP contribution in [0.2, 0.25) is 0 Å². The minimum atomic E-state index is -0.537. The normalized spacial score (nSPS) is 20.2. The van der Waals surface area contributed by atoms with Gasteiger partial charge in [0.2, 0.25) is 5.91 Å². The van der Waals surface area contributed by atoms with Crippen LogP contribution in [0.4, 0.5) is 4.79 Å². The molecular weight excluding hydrogens is 306 g/mol. The highest BCUT2D eigenvalue weighted by atomic mass is 16.2. The second kappa shape index (κ2) is 7.29. The van der Waals surface area contributed by atoms with E-state index in [4.69, 9.17) is 0 Å². The fraction of sp³-hybridized carbons (Fsp3) is 0.389. The molecule has 1 aromatic carbocycles. The van der Waals surface area contributed by atoms with Crippen molar-refractivity contribution in [2.24, 2.45) is 0 Å². The Bertz CT molecular complexity index is 661. The van der Waals surface area contributed by atoms with E-state index < -0.39 is 11.9 Å². The standard InChI is InChI=1S/C18H21N3O3/c22-16(20-10-6-1-2-7-11-20)13-21-17(23)15(19-18(21)24)12-14-8-4-3-5-9-14/h3-5,8-9,12H,1-2,6-7,10-11,13H2,(H,19,24)/b15-12-. The van der Waals surface area contributed by atoms with Gasteiger partial charge in [0.1, 0.15) is 12.2 Å². The van der Waals surface area contributed by atoms with Crippen molar-refractivity contribution < 1.29 is 14.4 Å². The van der Waals surface area contributed by atoms with E-state index in [0.29, 0.717) is 13.1 Å². The average molecular weight is 327 g/mol. The highest BCUT2D eigenvalue weighted by Gasteiger charge is 2.35. The van der Waals surface area contributed by atoms with Crippen LogP contribution in [0.1, 0.15) is 31.2 Å². The molecule has 0 saturated carbocycles. The molecule has 2 heterocycles. The molecule has 3 rings (SSSR count). The van der Waals surface area contributed by atoms with Gasteiger partial charge in [0.25, 0.3) is 5.91 Å². The van der Waals surface area contributed by atoms with Crippen LogP contribution in [0.5, 0.6) is 0 Å². The van der Waals surface area contributed by atoms with Gasteiger partial charge in [-0.05, 0) is 24.5 Å². The topological polar surface area (TPSA) is 69.7 Å². The fourth-order valence-electron chi connectivity index (χ4n) is 2.99. The summed E-state index contributed by atoms with van der Waals surface area (Å²) in [5, 5.41) is 2.55. The van der Waals surface area contributed by atoms with E-state index in [1.165, 1.54) is 0 Å². The first-order valence-electron chi connectivity index (χ1n) is 8.32. The van der Waals surface area contributed by atoms with Crippen molar-refractivity contribution in [2.75, 3.05) is 19.6 Å². The predicted octanol–water partition coefficient (Wildman–Crippen LogP) is 1.98. The molecule has 0 unspecified atom stereocenters. The Morgan fingerprint density at radius 3 is 2.38 bits per heavy atom. The Morgan fingerprint density at radius 2 is 1.71 bits per heavy atom. The van der Waals surface area contributed by atoms with E-state index in [9.17, 15) is 14.4 Å². The molecule has 6 heteroatoms. The minimum Gasteiger partial charge on any atom is -0.341 e. The molecule has 0 spiro atoms. The number of benzene rings is 1. The van der Waals surface area contributed by atoms with Crippen LogP contribution in [0.3, 0.4) is 0 Å². The van der Waals surface area contributed by atoms with E-state index in [-0.39, 0.29) is 18.1 Å². The Labute approximate surface area is 141 Å². The summed E-state index contributed by atoms with van der Waals surface area (Å²) in [7, 11) is 0. The lowest BCUT2D eigenvalue weighted by atomic mass is 10.2. The zero-order valence-electron chi connectivity index (χ0n) is 13.5. The number of hydrogen-bond donors (Lipinski definition) is 1. The highest BCUT2D eigenvalue weighted by molar-refractivity contribution is 6.15. The zero-order chi connectivity index (χ0) is 16.9. The second-order valence-electron chi connectivity index (χ2n) is 6.09. The Kier molecular flexibility index (Phi) is 4.93. The molecule has 24 heavy (non-hydrogen) atoms. The maximum Gasteiger partial charge on any atom is 0.329 e. The summed E-state index contributed by atoms with van der Waals surface area (Å²) < 4.78 is 0. The van der Waals surface area contributed by atoms with E-state index in [2.05, 4.69) is 5.32 Å². The Morgan fingerprint density at radius 1 is 1.04 bits per heavy atom. The van der Waals surface area contributed by atoms with E-state index in [0.717, 1.165) is 36.1 Å². The van der Waals surface area contributed by atoms with Crippen molar-refractivity contribution in [1.29, 1.82) is 0 Å². The number of nitrogens with one attached hydrogen (secondary N) is 1. The van der Waals surface area contributed by atoms with Gasteiger partial charge in [-0.15, -0.1) is 0 Å². The molecule has 2 fully saturated rings. The van der Waals surface area contributed by atoms with Gasteiger partial charge < -0.3 is 10.2 Å². The number of imide groups is 1. The highest BCUT2D eigenvalue weighted by Crippen LogP contribution is 2.15. The number of urea groups is 1. The van der Waals surface area contributed by atoms with Crippen LogP contribution < -0.4 is 5.32 Å². The fourth-order valence-corrected chi connectivity index (χ4v) is 2.99. The molecular formula is C18H21N3O3. The van der Waals surface area contributed by atoms with Gasteiger partial charge in [0, 0.05) is 13.1 Å². The van der Waals surface area contributed by atoms with Gasteiger partial charge in [-0.2, -0.15) is 0 Å². The summed E-state index contributed by atoms with van der Waals surface area (Å²) in [6.45, 7) is 1.21. The number of rotatable bonds is 3.